The zero-order valence-corrected chi connectivity index (χ0v) is 17.3. The molecule has 1 aliphatic rings. The number of benzene rings is 1. The molecule has 2 aromatic rings. The fraction of sp³-hybridized carbons (Fsp3) is 0.500. The Balaban J connectivity index is 1.65. The number of aliphatic imine (C=N–C) groups is 1. The lowest BCUT2D eigenvalue weighted by molar-refractivity contribution is 0.215. The average molecular weight is 384 g/mol. The molecule has 0 bridgehead atoms. The largest absolute Gasteiger partial charge is 0.468 e. The Morgan fingerprint density at radius 2 is 2.00 bits per heavy atom. The zero-order chi connectivity index (χ0) is 19.8. The smallest absolute Gasteiger partial charge is 0.191 e. The van der Waals surface area contributed by atoms with Crippen molar-refractivity contribution in [1.29, 1.82) is 0 Å². The molecule has 28 heavy (non-hydrogen) atoms. The summed E-state index contributed by atoms with van der Waals surface area (Å²) in [5, 5.41) is 6.88. The van der Waals surface area contributed by atoms with E-state index in [9.17, 15) is 0 Å². The van der Waals surface area contributed by atoms with E-state index >= 15 is 0 Å². The first-order valence-electron chi connectivity index (χ1n) is 10.2. The van der Waals surface area contributed by atoms with Crippen molar-refractivity contribution in [1.82, 2.24) is 15.5 Å². The first-order chi connectivity index (χ1) is 13.7. The second kappa shape index (κ2) is 10.2. The van der Waals surface area contributed by atoms with E-state index < -0.39 is 0 Å². The van der Waals surface area contributed by atoms with E-state index in [2.05, 4.69) is 71.8 Å². The van der Waals surface area contributed by atoms with Crippen LogP contribution >= 0.6 is 0 Å². The van der Waals surface area contributed by atoms with E-state index in [1.54, 1.807) is 6.26 Å². The molecule has 1 aromatic carbocycles. The molecule has 0 saturated carbocycles. The second-order valence-corrected chi connectivity index (χ2v) is 7.41. The third-order valence-corrected chi connectivity index (χ3v) is 5.11. The van der Waals surface area contributed by atoms with Gasteiger partial charge in [0.15, 0.2) is 5.96 Å². The Morgan fingerprint density at radius 3 is 2.68 bits per heavy atom. The molecule has 6 heteroatoms. The maximum absolute atomic E-state index is 5.72. The van der Waals surface area contributed by atoms with Crippen molar-refractivity contribution in [3.8, 4) is 0 Å². The molecule has 1 saturated heterocycles. The van der Waals surface area contributed by atoms with Crippen LogP contribution < -0.4 is 15.5 Å². The van der Waals surface area contributed by atoms with E-state index in [1.807, 2.05) is 6.07 Å². The van der Waals surface area contributed by atoms with Gasteiger partial charge in [-0.25, -0.2) is 4.99 Å². The zero-order valence-electron chi connectivity index (χ0n) is 17.3. The van der Waals surface area contributed by atoms with Gasteiger partial charge in [0.25, 0.3) is 0 Å². The molecule has 2 N–H and O–H groups in total. The van der Waals surface area contributed by atoms with Crippen LogP contribution in [0.25, 0.3) is 0 Å². The highest BCUT2D eigenvalue weighted by Gasteiger charge is 2.25. The van der Waals surface area contributed by atoms with Crippen LogP contribution in [-0.2, 0) is 6.54 Å². The van der Waals surface area contributed by atoms with Crippen LogP contribution in [0.4, 0.5) is 5.69 Å². The van der Waals surface area contributed by atoms with Gasteiger partial charge in [0.05, 0.1) is 18.8 Å². The minimum absolute atomic E-state index is 0.235. The van der Waals surface area contributed by atoms with Crippen LogP contribution in [0.15, 0.2) is 52.1 Å². The molecule has 0 radical (unpaired) electrons. The van der Waals surface area contributed by atoms with E-state index in [0.29, 0.717) is 6.54 Å². The van der Waals surface area contributed by atoms with Gasteiger partial charge < -0.3 is 20.0 Å². The van der Waals surface area contributed by atoms with Crippen molar-refractivity contribution in [3.05, 3.63) is 54.0 Å². The van der Waals surface area contributed by atoms with Crippen molar-refractivity contribution in [2.75, 3.05) is 45.2 Å². The lowest BCUT2D eigenvalue weighted by atomic mass is 10.2. The summed E-state index contributed by atoms with van der Waals surface area (Å²) in [6.45, 7) is 6.59. The van der Waals surface area contributed by atoms with Crippen LogP contribution in [0, 0.1) is 0 Å². The van der Waals surface area contributed by atoms with Crippen molar-refractivity contribution in [2.24, 2.45) is 4.99 Å². The summed E-state index contributed by atoms with van der Waals surface area (Å²) in [6.07, 6.45) is 4.27. The van der Waals surface area contributed by atoms with Gasteiger partial charge >= 0.3 is 0 Å². The number of hydrogen-bond acceptors (Lipinski definition) is 4. The second-order valence-electron chi connectivity index (χ2n) is 7.41. The van der Waals surface area contributed by atoms with Gasteiger partial charge in [0.2, 0.25) is 0 Å². The van der Waals surface area contributed by atoms with Gasteiger partial charge in [-0.15, -0.1) is 0 Å². The number of furan rings is 1. The van der Waals surface area contributed by atoms with Gasteiger partial charge in [0, 0.05) is 32.9 Å². The quantitative estimate of drug-likeness (QED) is 0.541. The summed E-state index contributed by atoms with van der Waals surface area (Å²) < 4.78 is 5.72. The minimum Gasteiger partial charge on any atom is -0.468 e. The van der Waals surface area contributed by atoms with Crippen LogP contribution in [-0.4, -0.2) is 51.1 Å². The maximum Gasteiger partial charge on any atom is 0.191 e. The normalized spacial score (nSPS) is 16.2. The molecule has 3 rings (SSSR count). The Hall–Kier alpha value is -2.47. The van der Waals surface area contributed by atoms with Gasteiger partial charge in [-0.05, 0) is 62.7 Å². The van der Waals surface area contributed by atoms with Gasteiger partial charge in [0.1, 0.15) is 5.76 Å². The number of anilines is 1. The number of likely N-dealkylation sites (tertiary alicyclic amines) is 1. The standard InChI is InChI=1S/C22H33N5O/c1-4-23-22(24-16-18-9-7-10-19(15-18)26(2)3)25-17-20(21-11-8-14-28-21)27-12-5-6-13-27/h7-11,14-15,20H,4-6,12-13,16-17H2,1-3H3,(H2,23,24,25). The molecular formula is C22H33N5O. The molecule has 1 atom stereocenters. The minimum atomic E-state index is 0.235. The summed E-state index contributed by atoms with van der Waals surface area (Å²) in [4.78, 5) is 9.40. The van der Waals surface area contributed by atoms with Gasteiger partial charge in [-0.1, -0.05) is 12.1 Å². The third kappa shape index (κ3) is 5.52. The Morgan fingerprint density at radius 1 is 1.18 bits per heavy atom. The number of rotatable bonds is 8. The molecular weight excluding hydrogens is 350 g/mol. The van der Waals surface area contributed by atoms with Crippen LogP contribution in [0.3, 0.4) is 0 Å². The number of nitrogens with zero attached hydrogens (tertiary/aromatic N) is 3. The van der Waals surface area contributed by atoms with Crippen molar-refractivity contribution in [2.45, 2.75) is 32.4 Å². The topological polar surface area (TPSA) is 56.0 Å². The van der Waals surface area contributed by atoms with Crippen molar-refractivity contribution in [3.63, 3.8) is 0 Å². The summed E-state index contributed by atoms with van der Waals surface area (Å²) >= 11 is 0. The van der Waals surface area contributed by atoms with Crippen LogP contribution in [0.5, 0.6) is 0 Å². The summed E-state index contributed by atoms with van der Waals surface area (Å²) in [6, 6.07) is 12.8. The first kappa shape index (κ1) is 20.3. The van der Waals surface area contributed by atoms with Crippen molar-refractivity contribution >= 4 is 11.6 Å². The van der Waals surface area contributed by atoms with Crippen molar-refractivity contribution < 1.29 is 4.42 Å². The molecule has 2 heterocycles. The summed E-state index contributed by atoms with van der Waals surface area (Å²) in [5.74, 6) is 1.86. The first-order valence-corrected chi connectivity index (χ1v) is 10.2. The number of hydrogen-bond donors (Lipinski definition) is 2. The number of nitrogens with one attached hydrogen (secondary N) is 2. The lowest BCUT2D eigenvalue weighted by Crippen LogP contribution is -2.42. The fourth-order valence-corrected chi connectivity index (χ4v) is 3.58. The molecule has 0 amide bonds. The fourth-order valence-electron chi connectivity index (χ4n) is 3.58. The molecule has 1 aliphatic heterocycles. The SMILES string of the molecule is CCNC(=NCc1cccc(N(C)C)c1)NCC(c1ccco1)N1CCCC1. The van der Waals surface area contributed by atoms with Crippen LogP contribution in [0.1, 0.15) is 37.1 Å². The Kier molecular flexibility index (Phi) is 7.37. The van der Waals surface area contributed by atoms with E-state index in [0.717, 1.165) is 37.9 Å². The van der Waals surface area contributed by atoms with Crippen LogP contribution in [0.2, 0.25) is 0 Å². The van der Waals surface area contributed by atoms with E-state index in [4.69, 9.17) is 9.41 Å². The van der Waals surface area contributed by atoms with Gasteiger partial charge in [-0.3, -0.25) is 4.90 Å². The van der Waals surface area contributed by atoms with E-state index in [1.165, 1.54) is 24.1 Å². The molecule has 1 fully saturated rings. The summed E-state index contributed by atoms with van der Waals surface area (Å²) in [5.41, 5.74) is 2.39. The molecule has 152 valence electrons. The summed E-state index contributed by atoms with van der Waals surface area (Å²) in [7, 11) is 4.11. The highest BCUT2D eigenvalue weighted by molar-refractivity contribution is 5.79. The highest BCUT2D eigenvalue weighted by atomic mass is 16.3. The lowest BCUT2D eigenvalue weighted by Gasteiger charge is -2.26. The predicted octanol–water partition coefficient (Wildman–Crippen LogP) is 3.24. The predicted molar refractivity (Wildman–Crippen MR) is 116 cm³/mol. The monoisotopic (exact) mass is 383 g/mol. The third-order valence-electron chi connectivity index (χ3n) is 5.11. The van der Waals surface area contributed by atoms with E-state index in [-0.39, 0.29) is 6.04 Å². The average Bonchev–Trinajstić information content (AvgIpc) is 3.41. The van der Waals surface area contributed by atoms with Gasteiger partial charge in [-0.2, -0.15) is 0 Å². The molecule has 0 aliphatic carbocycles. The number of guanidine groups is 1. The Labute approximate surface area is 168 Å². The maximum atomic E-state index is 5.72. The molecule has 1 aromatic heterocycles. The molecule has 6 nitrogen and oxygen atoms in total. The molecule has 1 unspecified atom stereocenters. The molecule has 0 spiro atoms. The Bertz CT molecular complexity index is 735. The highest BCUT2D eigenvalue weighted by Crippen LogP contribution is 2.24.